The first kappa shape index (κ1) is 19.8. The number of hydrogen-bond donors (Lipinski definition) is 1. The van der Waals surface area contributed by atoms with Gasteiger partial charge in [0.15, 0.2) is 0 Å². The standard InChI is InChI=1S/C20H20ClN3O4/c1-20(2)10-16(25)24(17(26)11-20)14-8-9-15(22-12-14)28-19(27)23-18(21)13-6-4-3-5-7-13/h3-9,12,18H,10-11H2,1-2H3,(H,23,27)/t18-/m1/s1. The fourth-order valence-electron chi connectivity index (χ4n) is 2.96. The average Bonchev–Trinajstić information content (AvgIpc) is 2.62. The second kappa shape index (κ2) is 7.98. The van der Waals surface area contributed by atoms with Gasteiger partial charge in [0.2, 0.25) is 17.7 Å². The highest BCUT2D eigenvalue weighted by molar-refractivity contribution is 6.21. The van der Waals surface area contributed by atoms with E-state index in [1.54, 1.807) is 12.1 Å². The van der Waals surface area contributed by atoms with E-state index >= 15 is 0 Å². The number of rotatable bonds is 4. The molecule has 1 atom stereocenters. The van der Waals surface area contributed by atoms with E-state index in [1.165, 1.54) is 18.3 Å². The number of halogens is 1. The van der Waals surface area contributed by atoms with Crippen LogP contribution in [0.15, 0.2) is 48.7 Å². The minimum Gasteiger partial charge on any atom is -0.391 e. The highest BCUT2D eigenvalue weighted by Gasteiger charge is 2.38. The average molecular weight is 402 g/mol. The molecular formula is C20H20ClN3O4. The van der Waals surface area contributed by atoms with Crippen LogP contribution in [0.2, 0.25) is 0 Å². The Bertz CT molecular complexity index is 864. The van der Waals surface area contributed by atoms with Gasteiger partial charge in [-0.05, 0) is 17.0 Å². The highest BCUT2D eigenvalue weighted by Crippen LogP contribution is 2.34. The third-order valence-electron chi connectivity index (χ3n) is 4.27. The molecule has 8 heteroatoms. The van der Waals surface area contributed by atoms with Gasteiger partial charge in [-0.1, -0.05) is 55.8 Å². The predicted molar refractivity (Wildman–Crippen MR) is 104 cm³/mol. The number of benzene rings is 1. The molecule has 3 rings (SSSR count). The van der Waals surface area contributed by atoms with Crippen molar-refractivity contribution in [3.63, 3.8) is 0 Å². The molecule has 1 aliphatic heterocycles. The first-order valence-corrected chi connectivity index (χ1v) is 9.18. The van der Waals surface area contributed by atoms with Gasteiger partial charge in [0.05, 0.1) is 11.9 Å². The van der Waals surface area contributed by atoms with E-state index in [0.717, 1.165) is 10.5 Å². The molecule has 146 valence electrons. The molecule has 0 unspecified atom stereocenters. The number of ether oxygens (including phenoxy) is 1. The number of aromatic nitrogens is 1. The lowest BCUT2D eigenvalue weighted by molar-refractivity contribution is -0.132. The zero-order valence-electron chi connectivity index (χ0n) is 15.5. The van der Waals surface area contributed by atoms with Gasteiger partial charge in [-0.15, -0.1) is 0 Å². The number of hydrogen-bond acceptors (Lipinski definition) is 5. The maximum atomic E-state index is 12.3. The summed E-state index contributed by atoms with van der Waals surface area (Å²) in [5, 5.41) is 2.49. The third kappa shape index (κ3) is 4.67. The van der Waals surface area contributed by atoms with Crippen molar-refractivity contribution in [1.82, 2.24) is 10.3 Å². The quantitative estimate of drug-likeness (QED) is 0.478. The summed E-state index contributed by atoms with van der Waals surface area (Å²) in [7, 11) is 0. The number of anilines is 1. The van der Waals surface area contributed by atoms with E-state index in [2.05, 4.69) is 10.3 Å². The van der Waals surface area contributed by atoms with Gasteiger partial charge in [0.25, 0.3) is 0 Å². The van der Waals surface area contributed by atoms with Gasteiger partial charge in [-0.3, -0.25) is 9.59 Å². The lowest BCUT2D eigenvalue weighted by atomic mass is 9.81. The second-order valence-electron chi connectivity index (χ2n) is 7.30. The molecule has 3 amide bonds. The Labute approximate surface area is 167 Å². The Hall–Kier alpha value is -2.93. The lowest BCUT2D eigenvalue weighted by Crippen LogP contribution is -2.46. The van der Waals surface area contributed by atoms with E-state index in [-0.39, 0.29) is 36.0 Å². The van der Waals surface area contributed by atoms with Crippen LogP contribution in [0.4, 0.5) is 10.5 Å². The summed E-state index contributed by atoms with van der Waals surface area (Å²) in [4.78, 5) is 41.7. The van der Waals surface area contributed by atoms with Crippen LogP contribution in [0.3, 0.4) is 0 Å². The maximum absolute atomic E-state index is 12.3. The summed E-state index contributed by atoms with van der Waals surface area (Å²) in [6.07, 6.45) is 1.11. The molecule has 2 heterocycles. The van der Waals surface area contributed by atoms with Gasteiger partial charge in [0, 0.05) is 18.9 Å². The van der Waals surface area contributed by atoms with Crippen molar-refractivity contribution in [2.75, 3.05) is 4.90 Å². The summed E-state index contributed by atoms with van der Waals surface area (Å²) in [5.74, 6) is -0.528. The smallest absolute Gasteiger partial charge is 0.391 e. The predicted octanol–water partition coefficient (Wildman–Crippen LogP) is 3.79. The minimum absolute atomic E-state index is 0.0235. The third-order valence-corrected chi connectivity index (χ3v) is 4.63. The van der Waals surface area contributed by atoms with Gasteiger partial charge in [-0.25, -0.2) is 14.7 Å². The number of alkyl halides is 1. The topological polar surface area (TPSA) is 88.6 Å². The summed E-state index contributed by atoms with van der Waals surface area (Å²) >= 11 is 6.14. The Morgan fingerprint density at radius 2 is 1.79 bits per heavy atom. The van der Waals surface area contributed by atoms with Crippen molar-refractivity contribution in [3.05, 3.63) is 54.2 Å². The van der Waals surface area contributed by atoms with Crippen molar-refractivity contribution in [3.8, 4) is 5.88 Å². The minimum atomic E-state index is -0.768. The molecule has 0 aliphatic carbocycles. The fraction of sp³-hybridized carbons (Fsp3) is 0.300. The second-order valence-corrected chi connectivity index (χ2v) is 7.74. The summed E-state index contributed by atoms with van der Waals surface area (Å²) in [6.45, 7) is 3.76. The van der Waals surface area contributed by atoms with Crippen LogP contribution in [0.5, 0.6) is 5.88 Å². The molecule has 0 bridgehead atoms. The number of carbonyl (C=O) groups excluding carboxylic acids is 3. The largest absolute Gasteiger partial charge is 0.415 e. The number of nitrogens with zero attached hydrogens (tertiary/aromatic N) is 2. The van der Waals surface area contributed by atoms with E-state index in [0.29, 0.717) is 5.69 Å². The summed E-state index contributed by atoms with van der Waals surface area (Å²) < 4.78 is 5.10. The van der Waals surface area contributed by atoms with Crippen LogP contribution in [-0.2, 0) is 9.59 Å². The van der Waals surface area contributed by atoms with Crippen LogP contribution < -0.4 is 15.0 Å². The Kier molecular flexibility index (Phi) is 5.65. The van der Waals surface area contributed by atoms with Crippen molar-refractivity contribution < 1.29 is 19.1 Å². The van der Waals surface area contributed by atoms with E-state index in [1.807, 2.05) is 32.0 Å². The van der Waals surface area contributed by atoms with Crippen LogP contribution in [-0.4, -0.2) is 22.9 Å². The monoisotopic (exact) mass is 401 g/mol. The lowest BCUT2D eigenvalue weighted by Gasteiger charge is -2.34. The maximum Gasteiger partial charge on any atom is 0.415 e. The SMILES string of the molecule is CC1(C)CC(=O)N(c2ccc(OC(=O)N[C@@H](Cl)c3ccccc3)nc2)C(=O)C1. The first-order valence-electron chi connectivity index (χ1n) is 8.74. The molecule has 28 heavy (non-hydrogen) atoms. The zero-order valence-corrected chi connectivity index (χ0v) is 16.3. The van der Waals surface area contributed by atoms with Gasteiger partial charge >= 0.3 is 6.09 Å². The Morgan fingerprint density at radius 1 is 1.14 bits per heavy atom. The molecule has 0 spiro atoms. The molecule has 2 aromatic rings. The van der Waals surface area contributed by atoms with Crippen LogP contribution in [0.1, 0.15) is 37.8 Å². The Morgan fingerprint density at radius 3 is 2.36 bits per heavy atom. The molecule has 1 aliphatic rings. The number of carbonyl (C=O) groups is 3. The van der Waals surface area contributed by atoms with Gasteiger partial charge in [-0.2, -0.15) is 0 Å². The fourth-order valence-corrected chi connectivity index (χ4v) is 3.20. The van der Waals surface area contributed by atoms with E-state index in [4.69, 9.17) is 16.3 Å². The number of nitrogens with one attached hydrogen (secondary N) is 1. The number of pyridine rings is 1. The van der Waals surface area contributed by atoms with Crippen molar-refractivity contribution in [2.24, 2.45) is 5.41 Å². The molecule has 1 saturated heterocycles. The first-order chi connectivity index (χ1) is 13.2. The van der Waals surface area contributed by atoms with Crippen LogP contribution in [0.25, 0.3) is 0 Å². The van der Waals surface area contributed by atoms with E-state index in [9.17, 15) is 14.4 Å². The molecule has 7 nitrogen and oxygen atoms in total. The molecule has 1 aromatic heterocycles. The summed E-state index contributed by atoms with van der Waals surface area (Å²) in [6, 6.07) is 11.9. The van der Waals surface area contributed by atoms with Crippen LogP contribution >= 0.6 is 11.6 Å². The van der Waals surface area contributed by atoms with Crippen LogP contribution in [0, 0.1) is 5.41 Å². The summed E-state index contributed by atoms with van der Waals surface area (Å²) in [5.41, 5.74) is -0.0389. The van der Waals surface area contributed by atoms with E-state index < -0.39 is 11.6 Å². The number of amides is 3. The number of imide groups is 1. The van der Waals surface area contributed by atoms with Gasteiger partial charge in [0.1, 0.15) is 5.50 Å². The van der Waals surface area contributed by atoms with Gasteiger partial charge < -0.3 is 10.1 Å². The normalized spacial score (nSPS) is 17.2. The van der Waals surface area contributed by atoms with Crippen molar-refractivity contribution >= 4 is 35.2 Å². The molecule has 1 fully saturated rings. The highest BCUT2D eigenvalue weighted by atomic mass is 35.5. The van der Waals surface area contributed by atoms with Crippen molar-refractivity contribution in [1.29, 1.82) is 0 Å². The zero-order chi connectivity index (χ0) is 20.3. The Balaban J connectivity index is 1.62. The number of piperidine rings is 1. The molecular weight excluding hydrogens is 382 g/mol. The molecule has 0 radical (unpaired) electrons. The van der Waals surface area contributed by atoms with Crippen molar-refractivity contribution in [2.45, 2.75) is 32.2 Å². The molecule has 0 saturated carbocycles. The molecule has 1 N–H and O–H groups in total. The molecule has 1 aromatic carbocycles.